The number of likely N-dealkylation sites (tertiary alicyclic amines) is 1. The van der Waals surface area contributed by atoms with Crippen LogP contribution in [0.3, 0.4) is 0 Å². The lowest BCUT2D eigenvalue weighted by Gasteiger charge is -2.25. The molecule has 3 heterocycles. The SMILES string of the molecule is CC(C)c1noc(CCC(=O)NC[C@H](c2ccco2)N2CCCC2)n1. The number of furan rings is 1. The van der Waals surface area contributed by atoms with Crippen LogP contribution >= 0.6 is 0 Å². The summed E-state index contributed by atoms with van der Waals surface area (Å²) in [5.41, 5.74) is 0. The van der Waals surface area contributed by atoms with Crippen molar-refractivity contribution in [3.63, 3.8) is 0 Å². The van der Waals surface area contributed by atoms with Gasteiger partial charge in [0, 0.05) is 25.3 Å². The number of rotatable bonds is 8. The van der Waals surface area contributed by atoms with Gasteiger partial charge in [-0.2, -0.15) is 4.98 Å². The Kier molecular flexibility index (Phi) is 5.86. The van der Waals surface area contributed by atoms with Crippen LogP contribution in [-0.2, 0) is 11.2 Å². The summed E-state index contributed by atoms with van der Waals surface area (Å²) < 4.78 is 10.7. The van der Waals surface area contributed by atoms with E-state index >= 15 is 0 Å². The number of aryl methyl sites for hydroxylation is 1. The Morgan fingerprint density at radius 2 is 2.16 bits per heavy atom. The predicted molar refractivity (Wildman–Crippen MR) is 92.0 cm³/mol. The van der Waals surface area contributed by atoms with Crippen molar-refractivity contribution < 1.29 is 13.7 Å². The Bertz CT molecular complexity index is 660. The third-order valence-corrected chi connectivity index (χ3v) is 4.51. The van der Waals surface area contributed by atoms with Crippen LogP contribution in [0.2, 0.25) is 0 Å². The molecular formula is C18H26N4O3. The summed E-state index contributed by atoms with van der Waals surface area (Å²) in [4.78, 5) is 18.9. The zero-order valence-electron chi connectivity index (χ0n) is 14.9. The second-order valence-corrected chi connectivity index (χ2v) is 6.78. The van der Waals surface area contributed by atoms with Crippen molar-refractivity contribution in [1.82, 2.24) is 20.4 Å². The summed E-state index contributed by atoms with van der Waals surface area (Å²) in [5, 5.41) is 6.93. The van der Waals surface area contributed by atoms with Crippen molar-refractivity contribution in [1.29, 1.82) is 0 Å². The molecule has 7 nitrogen and oxygen atoms in total. The molecule has 7 heteroatoms. The average molecular weight is 346 g/mol. The molecule has 0 saturated carbocycles. The molecule has 1 N–H and O–H groups in total. The molecule has 136 valence electrons. The number of carbonyl (C=O) groups excluding carboxylic acids is 1. The number of nitrogens with one attached hydrogen (secondary N) is 1. The van der Waals surface area contributed by atoms with Gasteiger partial charge in [0.25, 0.3) is 0 Å². The zero-order chi connectivity index (χ0) is 17.6. The third-order valence-electron chi connectivity index (χ3n) is 4.51. The Hall–Kier alpha value is -2.15. The largest absolute Gasteiger partial charge is 0.468 e. The van der Waals surface area contributed by atoms with Crippen LogP contribution in [-0.4, -0.2) is 40.6 Å². The van der Waals surface area contributed by atoms with Crippen LogP contribution < -0.4 is 5.32 Å². The topological polar surface area (TPSA) is 84.4 Å². The van der Waals surface area contributed by atoms with Gasteiger partial charge in [-0.1, -0.05) is 19.0 Å². The van der Waals surface area contributed by atoms with E-state index in [9.17, 15) is 4.79 Å². The quantitative estimate of drug-likeness (QED) is 0.791. The lowest BCUT2D eigenvalue weighted by atomic mass is 10.2. The third kappa shape index (κ3) is 4.69. The van der Waals surface area contributed by atoms with Gasteiger partial charge in [-0.25, -0.2) is 0 Å². The van der Waals surface area contributed by atoms with Crippen molar-refractivity contribution in [2.75, 3.05) is 19.6 Å². The van der Waals surface area contributed by atoms with E-state index in [0.29, 0.717) is 31.1 Å². The van der Waals surface area contributed by atoms with E-state index in [-0.39, 0.29) is 17.9 Å². The maximum absolute atomic E-state index is 12.2. The molecule has 25 heavy (non-hydrogen) atoms. The fourth-order valence-electron chi connectivity index (χ4n) is 3.07. The Morgan fingerprint density at radius 1 is 1.36 bits per heavy atom. The van der Waals surface area contributed by atoms with E-state index in [0.717, 1.165) is 18.8 Å². The first-order valence-corrected chi connectivity index (χ1v) is 9.00. The number of nitrogens with zero attached hydrogens (tertiary/aromatic N) is 3. The Labute approximate surface area is 147 Å². The van der Waals surface area contributed by atoms with Gasteiger partial charge in [0.1, 0.15) is 5.76 Å². The van der Waals surface area contributed by atoms with Crippen LogP contribution in [0.4, 0.5) is 0 Å². The molecule has 1 amide bonds. The molecule has 3 rings (SSSR count). The molecule has 2 aromatic rings. The highest BCUT2D eigenvalue weighted by Gasteiger charge is 2.25. The van der Waals surface area contributed by atoms with Gasteiger partial charge >= 0.3 is 0 Å². The summed E-state index contributed by atoms with van der Waals surface area (Å²) in [6.07, 6.45) is 4.87. The molecule has 0 spiro atoms. The van der Waals surface area contributed by atoms with E-state index < -0.39 is 0 Å². The number of amides is 1. The van der Waals surface area contributed by atoms with Gasteiger partial charge in [-0.05, 0) is 38.1 Å². The maximum Gasteiger partial charge on any atom is 0.227 e. The van der Waals surface area contributed by atoms with Crippen molar-refractivity contribution in [2.24, 2.45) is 0 Å². The monoisotopic (exact) mass is 346 g/mol. The molecule has 0 aromatic carbocycles. The summed E-state index contributed by atoms with van der Waals surface area (Å²) in [6.45, 7) is 6.65. The predicted octanol–water partition coefficient (Wildman–Crippen LogP) is 2.67. The normalized spacial score (nSPS) is 16.4. The molecule has 1 fully saturated rings. The molecule has 0 bridgehead atoms. The molecule has 1 aliphatic rings. The van der Waals surface area contributed by atoms with Gasteiger partial charge in [-0.3, -0.25) is 9.69 Å². The van der Waals surface area contributed by atoms with Gasteiger partial charge < -0.3 is 14.3 Å². The van der Waals surface area contributed by atoms with E-state index in [1.807, 2.05) is 26.0 Å². The first-order chi connectivity index (χ1) is 12.1. The zero-order valence-corrected chi connectivity index (χ0v) is 14.9. The second kappa shape index (κ2) is 8.29. The van der Waals surface area contributed by atoms with Crippen molar-refractivity contribution in [2.45, 2.75) is 51.5 Å². The molecule has 0 radical (unpaired) electrons. The molecule has 2 aromatic heterocycles. The number of aromatic nitrogens is 2. The van der Waals surface area contributed by atoms with Crippen LogP contribution in [0.15, 0.2) is 27.3 Å². The van der Waals surface area contributed by atoms with Gasteiger partial charge in [0.05, 0.1) is 12.3 Å². The molecule has 0 unspecified atom stereocenters. The fourth-order valence-corrected chi connectivity index (χ4v) is 3.07. The first-order valence-electron chi connectivity index (χ1n) is 9.00. The van der Waals surface area contributed by atoms with Crippen molar-refractivity contribution in [3.8, 4) is 0 Å². The molecule has 0 aliphatic carbocycles. The summed E-state index contributed by atoms with van der Waals surface area (Å²) >= 11 is 0. The highest BCUT2D eigenvalue weighted by molar-refractivity contribution is 5.76. The summed E-state index contributed by atoms with van der Waals surface area (Å²) in [5.74, 6) is 2.31. The standard InChI is InChI=1S/C18H26N4O3/c1-13(2)18-20-17(25-21-18)8-7-16(23)19-12-14(15-6-5-11-24-15)22-9-3-4-10-22/h5-6,11,13-14H,3-4,7-10,12H2,1-2H3,(H,19,23)/t14-/m1/s1. The van der Waals surface area contributed by atoms with Crippen LogP contribution in [0, 0.1) is 0 Å². The van der Waals surface area contributed by atoms with E-state index in [1.54, 1.807) is 6.26 Å². The lowest BCUT2D eigenvalue weighted by Crippen LogP contribution is -2.36. The first kappa shape index (κ1) is 17.7. The fraction of sp³-hybridized carbons (Fsp3) is 0.611. The lowest BCUT2D eigenvalue weighted by molar-refractivity contribution is -0.121. The van der Waals surface area contributed by atoms with Gasteiger partial charge in [-0.15, -0.1) is 0 Å². The van der Waals surface area contributed by atoms with E-state index in [4.69, 9.17) is 8.94 Å². The van der Waals surface area contributed by atoms with Crippen LogP contribution in [0.25, 0.3) is 0 Å². The molecule has 1 atom stereocenters. The minimum atomic E-state index is -0.0138. The van der Waals surface area contributed by atoms with Gasteiger partial charge in [0.15, 0.2) is 5.82 Å². The average Bonchev–Trinajstić information content (AvgIpc) is 3.34. The van der Waals surface area contributed by atoms with E-state index in [1.165, 1.54) is 12.8 Å². The highest BCUT2D eigenvalue weighted by Crippen LogP contribution is 2.24. The summed E-state index contributed by atoms with van der Waals surface area (Å²) in [6, 6.07) is 3.96. The number of hydrogen-bond donors (Lipinski definition) is 1. The Morgan fingerprint density at radius 3 is 2.80 bits per heavy atom. The van der Waals surface area contributed by atoms with Gasteiger partial charge in [0.2, 0.25) is 11.8 Å². The summed E-state index contributed by atoms with van der Waals surface area (Å²) in [7, 11) is 0. The smallest absolute Gasteiger partial charge is 0.227 e. The highest BCUT2D eigenvalue weighted by atomic mass is 16.5. The van der Waals surface area contributed by atoms with Crippen molar-refractivity contribution >= 4 is 5.91 Å². The number of hydrogen-bond acceptors (Lipinski definition) is 6. The van der Waals surface area contributed by atoms with E-state index in [2.05, 4.69) is 20.4 Å². The second-order valence-electron chi connectivity index (χ2n) is 6.78. The minimum Gasteiger partial charge on any atom is -0.468 e. The maximum atomic E-state index is 12.2. The molecule has 1 saturated heterocycles. The number of carbonyl (C=O) groups is 1. The van der Waals surface area contributed by atoms with Crippen molar-refractivity contribution in [3.05, 3.63) is 35.9 Å². The minimum absolute atomic E-state index is 0.0138. The Balaban J connectivity index is 1.49. The molecular weight excluding hydrogens is 320 g/mol. The molecule has 1 aliphatic heterocycles. The van der Waals surface area contributed by atoms with Crippen LogP contribution in [0.5, 0.6) is 0 Å². The van der Waals surface area contributed by atoms with Crippen LogP contribution in [0.1, 0.15) is 62.5 Å².